The second-order valence-electron chi connectivity index (χ2n) is 7.14. The molecular formula is C21H20N6O. The summed E-state index contributed by atoms with van der Waals surface area (Å²) in [7, 11) is 1.90. The summed E-state index contributed by atoms with van der Waals surface area (Å²) in [5.41, 5.74) is 6.93. The van der Waals surface area contributed by atoms with Gasteiger partial charge < -0.3 is 5.32 Å². The van der Waals surface area contributed by atoms with Crippen molar-refractivity contribution < 1.29 is 0 Å². The molecule has 1 N–H and O–H groups in total. The van der Waals surface area contributed by atoms with Crippen LogP contribution < -0.4 is 10.9 Å². The monoisotopic (exact) mass is 372 g/mol. The van der Waals surface area contributed by atoms with E-state index in [9.17, 15) is 4.79 Å². The standard InChI is InChI=1S/C21H20N6O/c1-13-9-16(24-18-11-23-26(2)21(13)18)17-10-20(28)27-12-15(3-4-19(27)25-17)14-5-7-22-8-6-14/h3-5,9-12,22H,6-8H2,1-2H3. The number of nitrogens with one attached hydrogen (secondary N) is 1. The Balaban J connectivity index is 1.64. The van der Waals surface area contributed by atoms with Crippen LogP contribution in [0.25, 0.3) is 33.6 Å². The van der Waals surface area contributed by atoms with Crippen molar-refractivity contribution in [3.63, 3.8) is 0 Å². The van der Waals surface area contributed by atoms with E-state index in [1.54, 1.807) is 21.3 Å². The Bertz CT molecular complexity index is 1310. The predicted octanol–water partition coefficient (Wildman–Crippen LogP) is 2.33. The van der Waals surface area contributed by atoms with Crippen LogP contribution in [0.4, 0.5) is 0 Å². The second kappa shape index (κ2) is 6.38. The first-order chi connectivity index (χ1) is 13.6. The fourth-order valence-corrected chi connectivity index (χ4v) is 3.84. The van der Waals surface area contributed by atoms with Gasteiger partial charge in [-0.15, -0.1) is 0 Å². The molecule has 0 saturated heterocycles. The summed E-state index contributed by atoms with van der Waals surface area (Å²) in [6, 6.07) is 7.44. The molecule has 7 heteroatoms. The molecule has 5 heterocycles. The van der Waals surface area contributed by atoms with E-state index in [2.05, 4.69) is 26.5 Å². The van der Waals surface area contributed by atoms with E-state index in [4.69, 9.17) is 0 Å². The molecule has 4 aromatic heterocycles. The highest BCUT2D eigenvalue weighted by molar-refractivity contribution is 5.81. The van der Waals surface area contributed by atoms with Crippen molar-refractivity contribution in [3.8, 4) is 11.4 Å². The number of hydrogen-bond donors (Lipinski definition) is 1. The highest BCUT2D eigenvalue weighted by atomic mass is 16.1. The van der Waals surface area contributed by atoms with Gasteiger partial charge in [-0.2, -0.15) is 5.10 Å². The van der Waals surface area contributed by atoms with Gasteiger partial charge in [0.25, 0.3) is 5.56 Å². The van der Waals surface area contributed by atoms with Crippen LogP contribution in [0.1, 0.15) is 17.5 Å². The molecule has 0 aromatic carbocycles. The third-order valence-corrected chi connectivity index (χ3v) is 5.24. The first-order valence-electron chi connectivity index (χ1n) is 9.33. The van der Waals surface area contributed by atoms with Gasteiger partial charge >= 0.3 is 0 Å². The molecule has 0 saturated carbocycles. The van der Waals surface area contributed by atoms with Gasteiger partial charge in [-0.05, 0) is 54.8 Å². The Morgan fingerprint density at radius 2 is 2.00 bits per heavy atom. The van der Waals surface area contributed by atoms with E-state index in [-0.39, 0.29) is 5.56 Å². The van der Waals surface area contributed by atoms with Gasteiger partial charge in [0.1, 0.15) is 11.2 Å². The fraction of sp³-hybridized carbons (Fsp3) is 0.238. The zero-order chi connectivity index (χ0) is 19.3. The van der Waals surface area contributed by atoms with Crippen molar-refractivity contribution in [1.82, 2.24) is 29.5 Å². The first-order valence-corrected chi connectivity index (χ1v) is 9.33. The van der Waals surface area contributed by atoms with Crippen LogP contribution in [0, 0.1) is 6.92 Å². The molecule has 7 nitrogen and oxygen atoms in total. The quantitative estimate of drug-likeness (QED) is 0.584. The number of pyridine rings is 2. The van der Waals surface area contributed by atoms with Crippen LogP contribution in [0.2, 0.25) is 0 Å². The molecule has 1 aliphatic rings. The highest BCUT2D eigenvalue weighted by Gasteiger charge is 2.13. The third-order valence-electron chi connectivity index (χ3n) is 5.24. The van der Waals surface area contributed by atoms with E-state index < -0.39 is 0 Å². The van der Waals surface area contributed by atoms with E-state index in [0.717, 1.165) is 41.7 Å². The van der Waals surface area contributed by atoms with Crippen LogP contribution in [-0.4, -0.2) is 37.2 Å². The van der Waals surface area contributed by atoms with Crippen molar-refractivity contribution in [2.75, 3.05) is 13.1 Å². The smallest absolute Gasteiger partial charge is 0.258 e. The highest BCUT2D eigenvalue weighted by Crippen LogP contribution is 2.23. The molecule has 0 unspecified atom stereocenters. The van der Waals surface area contributed by atoms with Crippen LogP contribution in [0.3, 0.4) is 0 Å². The molecule has 4 aromatic rings. The summed E-state index contributed by atoms with van der Waals surface area (Å²) in [5.74, 6) is 0. The van der Waals surface area contributed by atoms with Gasteiger partial charge in [-0.3, -0.25) is 13.9 Å². The number of nitrogens with zero attached hydrogens (tertiary/aromatic N) is 5. The molecule has 0 atom stereocenters. The summed E-state index contributed by atoms with van der Waals surface area (Å²) in [4.78, 5) is 22.2. The zero-order valence-corrected chi connectivity index (χ0v) is 15.8. The topological polar surface area (TPSA) is 77.1 Å². The van der Waals surface area contributed by atoms with Crippen LogP contribution in [-0.2, 0) is 7.05 Å². The SMILES string of the molecule is Cc1cc(-c2cc(=O)n3cc(C4=CCNCC4)ccc3n2)nc2cnn(C)c12. The molecule has 0 aliphatic carbocycles. The van der Waals surface area contributed by atoms with Gasteiger partial charge in [0.2, 0.25) is 0 Å². The Kier molecular flexibility index (Phi) is 3.84. The predicted molar refractivity (Wildman–Crippen MR) is 109 cm³/mol. The van der Waals surface area contributed by atoms with Gasteiger partial charge in [0, 0.05) is 25.9 Å². The molecule has 0 fully saturated rings. The maximum Gasteiger partial charge on any atom is 0.258 e. The Labute approximate surface area is 161 Å². The lowest BCUT2D eigenvalue weighted by Crippen LogP contribution is -2.20. The fourth-order valence-electron chi connectivity index (χ4n) is 3.84. The van der Waals surface area contributed by atoms with Crippen molar-refractivity contribution in [2.24, 2.45) is 7.05 Å². The minimum Gasteiger partial charge on any atom is -0.313 e. The number of hydrogen-bond acceptors (Lipinski definition) is 5. The lowest BCUT2D eigenvalue weighted by atomic mass is 10.0. The normalized spacial score (nSPS) is 14.6. The molecular weight excluding hydrogens is 352 g/mol. The number of aryl methyl sites for hydroxylation is 2. The van der Waals surface area contributed by atoms with Gasteiger partial charge in [-0.1, -0.05) is 6.08 Å². The molecule has 140 valence electrons. The lowest BCUT2D eigenvalue weighted by Gasteiger charge is -2.15. The average Bonchev–Trinajstić information content (AvgIpc) is 3.09. The summed E-state index contributed by atoms with van der Waals surface area (Å²) in [5, 5.41) is 7.58. The van der Waals surface area contributed by atoms with Crippen molar-refractivity contribution in [2.45, 2.75) is 13.3 Å². The Hall–Kier alpha value is -3.32. The number of aromatic nitrogens is 5. The van der Waals surface area contributed by atoms with Crippen molar-refractivity contribution in [3.05, 3.63) is 64.2 Å². The molecule has 0 bridgehead atoms. The molecule has 0 radical (unpaired) electrons. The molecule has 5 rings (SSSR count). The lowest BCUT2D eigenvalue weighted by molar-refractivity contribution is 0.738. The van der Waals surface area contributed by atoms with Crippen LogP contribution >= 0.6 is 0 Å². The largest absolute Gasteiger partial charge is 0.313 e. The minimum absolute atomic E-state index is 0.109. The average molecular weight is 372 g/mol. The van der Waals surface area contributed by atoms with Gasteiger partial charge in [0.05, 0.1) is 23.1 Å². The van der Waals surface area contributed by atoms with Gasteiger partial charge in [0.15, 0.2) is 0 Å². The van der Waals surface area contributed by atoms with Crippen molar-refractivity contribution >= 4 is 22.3 Å². The Morgan fingerprint density at radius 3 is 2.82 bits per heavy atom. The van der Waals surface area contributed by atoms with Crippen LogP contribution in [0.15, 0.2) is 47.5 Å². The van der Waals surface area contributed by atoms with Gasteiger partial charge in [-0.25, -0.2) is 9.97 Å². The maximum atomic E-state index is 12.8. The minimum atomic E-state index is -0.109. The molecule has 1 aliphatic heterocycles. The summed E-state index contributed by atoms with van der Waals surface area (Å²) < 4.78 is 3.41. The molecule has 0 spiro atoms. The zero-order valence-electron chi connectivity index (χ0n) is 15.8. The summed E-state index contributed by atoms with van der Waals surface area (Å²) >= 11 is 0. The Morgan fingerprint density at radius 1 is 1.14 bits per heavy atom. The van der Waals surface area contributed by atoms with E-state index in [1.807, 2.05) is 38.4 Å². The van der Waals surface area contributed by atoms with E-state index in [0.29, 0.717) is 17.0 Å². The van der Waals surface area contributed by atoms with E-state index >= 15 is 0 Å². The maximum absolute atomic E-state index is 12.8. The summed E-state index contributed by atoms with van der Waals surface area (Å²) in [6.07, 6.45) is 6.75. The third kappa shape index (κ3) is 2.71. The number of fused-ring (bicyclic) bond motifs is 2. The molecule has 0 amide bonds. The second-order valence-corrected chi connectivity index (χ2v) is 7.14. The first kappa shape index (κ1) is 16.8. The van der Waals surface area contributed by atoms with E-state index in [1.165, 1.54) is 5.57 Å². The van der Waals surface area contributed by atoms with Crippen molar-refractivity contribution in [1.29, 1.82) is 0 Å². The molecule has 28 heavy (non-hydrogen) atoms. The number of rotatable bonds is 2. The summed E-state index contributed by atoms with van der Waals surface area (Å²) in [6.45, 7) is 3.83. The van der Waals surface area contributed by atoms with Crippen LogP contribution in [0.5, 0.6) is 0 Å².